The van der Waals surface area contributed by atoms with Gasteiger partial charge in [0.1, 0.15) is 5.75 Å². The number of benzene rings is 2. The number of aryl methyl sites for hydroxylation is 1. The molecule has 0 aliphatic carbocycles. The summed E-state index contributed by atoms with van der Waals surface area (Å²) in [6.07, 6.45) is 1.90. The van der Waals surface area contributed by atoms with E-state index in [4.69, 9.17) is 5.11 Å². The fourth-order valence-electron chi connectivity index (χ4n) is 1.97. The van der Waals surface area contributed by atoms with Crippen LogP contribution in [-0.4, -0.2) is 22.2 Å². The van der Waals surface area contributed by atoms with Crippen molar-refractivity contribution in [1.29, 1.82) is 0 Å². The summed E-state index contributed by atoms with van der Waals surface area (Å²) in [5.41, 5.74) is 3.85. The van der Waals surface area contributed by atoms with Gasteiger partial charge in [-0.05, 0) is 30.7 Å². The lowest BCUT2D eigenvalue weighted by molar-refractivity contribution is -0.385. The number of carbonyl (C=O) groups is 1. The zero-order chi connectivity index (χ0) is 16.8. The molecule has 0 radical (unpaired) electrons. The van der Waals surface area contributed by atoms with Gasteiger partial charge < -0.3 is 5.11 Å². The number of carbonyl (C=O) groups excluding carboxylic acids is 1. The van der Waals surface area contributed by atoms with Gasteiger partial charge in [-0.2, -0.15) is 5.10 Å². The van der Waals surface area contributed by atoms with Gasteiger partial charge in [0.2, 0.25) is 0 Å². The molecule has 0 saturated carbocycles. The highest BCUT2D eigenvalue weighted by Crippen LogP contribution is 2.20. The Morgan fingerprint density at radius 1 is 1.30 bits per heavy atom. The molecule has 0 aromatic heterocycles. The fourth-order valence-corrected chi connectivity index (χ4v) is 1.97. The molecule has 7 nitrogen and oxygen atoms in total. The standard InChI is InChI=1S/C16H15N3O4/c1-2-12-4-3-11(9-15(12)19(22)23)10-17-18-16(21)13-5-7-14(20)8-6-13/h3-10,20H,2H2,1H3,(H,18,21)/b17-10-. The zero-order valence-corrected chi connectivity index (χ0v) is 12.4. The minimum atomic E-state index is -0.444. The summed E-state index contributed by atoms with van der Waals surface area (Å²) in [6, 6.07) is 10.5. The van der Waals surface area contributed by atoms with Crippen LogP contribution in [0.2, 0.25) is 0 Å². The predicted molar refractivity (Wildman–Crippen MR) is 85.6 cm³/mol. The quantitative estimate of drug-likeness (QED) is 0.503. The SMILES string of the molecule is CCc1ccc(/C=N\NC(=O)c2ccc(O)cc2)cc1[N+](=O)[O-]. The van der Waals surface area contributed by atoms with Crippen LogP contribution < -0.4 is 5.43 Å². The highest BCUT2D eigenvalue weighted by atomic mass is 16.6. The maximum atomic E-state index is 11.8. The molecule has 0 spiro atoms. The summed E-state index contributed by atoms with van der Waals surface area (Å²) in [4.78, 5) is 22.4. The van der Waals surface area contributed by atoms with Crippen LogP contribution in [0.5, 0.6) is 5.75 Å². The Hall–Kier alpha value is -3.22. The van der Waals surface area contributed by atoms with Crippen molar-refractivity contribution in [2.24, 2.45) is 5.10 Å². The van der Waals surface area contributed by atoms with Crippen molar-refractivity contribution in [2.75, 3.05) is 0 Å². The summed E-state index contributed by atoms with van der Waals surface area (Å²) < 4.78 is 0. The second-order valence-corrected chi connectivity index (χ2v) is 4.74. The topological polar surface area (TPSA) is 105 Å². The van der Waals surface area contributed by atoms with Crippen molar-refractivity contribution in [3.05, 3.63) is 69.3 Å². The first kappa shape index (κ1) is 16.2. The van der Waals surface area contributed by atoms with Crippen LogP contribution >= 0.6 is 0 Å². The zero-order valence-electron chi connectivity index (χ0n) is 12.4. The van der Waals surface area contributed by atoms with Crippen LogP contribution in [0.3, 0.4) is 0 Å². The molecule has 1 amide bonds. The molecule has 0 saturated heterocycles. The van der Waals surface area contributed by atoms with Gasteiger partial charge in [0.25, 0.3) is 11.6 Å². The Labute approximate surface area is 132 Å². The Bertz CT molecular complexity index is 754. The molecule has 118 valence electrons. The molecule has 0 atom stereocenters. The molecule has 0 fully saturated rings. The van der Waals surface area contributed by atoms with E-state index in [1.165, 1.54) is 36.5 Å². The summed E-state index contributed by atoms with van der Waals surface area (Å²) in [7, 11) is 0. The van der Waals surface area contributed by atoms with Gasteiger partial charge in [-0.15, -0.1) is 0 Å². The normalized spacial score (nSPS) is 10.7. The van der Waals surface area contributed by atoms with Crippen molar-refractivity contribution in [2.45, 2.75) is 13.3 Å². The number of phenols is 1. The van der Waals surface area contributed by atoms with Crippen LogP contribution in [-0.2, 0) is 6.42 Å². The number of amides is 1. The minimum absolute atomic E-state index is 0.0290. The average Bonchev–Trinajstić information content (AvgIpc) is 2.55. The number of hydrogen-bond acceptors (Lipinski definition) is 5. The predicted octanol–water partition coefficient (Wildman–Crippen LogP) is 2.63. The van der Waals surface area contributed by atoms with Gasteiger partial charge in [-0.25, -0.2) is 5.43 Å². The first-order chi connectivity index (χ1) is 11.0. The average molecular weight is 313 g/mol. The van der Waals surface area contributed by atoms with Crippen LogP contribution in [0.1, 0.15) is 28.4 Å². The molecule has 2 aromatic rings. The molecule has 0 bridgehead atoms. The van der Waals surface area contributed by atoms with Gasteiger partial charge in [0, 0.05) is 22.8 Å². The van der Waals surface area contributed by atoms with Crippen LogP contribution in [0.25, 0.3) is 0 Å². The monoisotopic (exact) mass is 313 g/mol. The maximum absolute atomic E-state index is 11.8. The molecule has 0 aliphatic heterocycles. The van der Waals surface area contributed by atoms with E-state index in [1.54, 1.807) is 12.1 Å². The fraction of sp³-hybridized carbons (Fsp3) is 0.125. The van der Waals surface area contributed by atoms with Crippen LogP contribution in [0.4, 0.5) is 5.69 Å². The lowest BCUT2D eigenvalue weighted by atomic mass is 10.1. The summed E-state index contributed by atoms with van der Waals surface area (Å²) in [6.45, 7) is 1.84. The largest absolute Gasteiger partial charge is 0.508 e. The number of hydrazone groups is 1. The first-order valence-corrected chi connectivity index (χ1v) is 6.91. The number of nitro benzene ring substituents is 1. The number of nitrogens with one attached hydrogen (secondary N) is 1. The van der Waals surface area contributed by atoms with Gasteiger partial charge in [-0.3, -0.25) is 14.9 Å². The van der Waals surface area contributed by atoms with Gasteiger partial charge >= 0.3 is 0 Å². The van der Waals surface area contributed by atoms with E-state index in [0.29, 0.717) is 23.1 Å². The second kappa shape index (κ2) is 7.17. The first-order valence-electron chi connectivity index (χ1n) is 6.91. The van der Waals surface area contributed by atoms with E-state index in [0.717, 1.165) is 0 Å². The Kier molecular flexibility index (Phi) is 5.03. The van der Waals surface area contributed by atoms with Crippen LogP contribution in [0.15, 0.2) is 47.6 Å². The Morgan fingerprint density at radius 2 is 2.00 bits per heavy atom. The number of hydrogen-bond donors (Lipinski definition) is 2. The second-order valence-electron chi connectivity index (χ2n) is 4.74. The van der Waals surface area contributed by atoms with E-state index >= 15 is 0 Å². The molecule has 0 unspecified atom stereocenters. The molecule has 23 heavy (non-hydrogen) atoms. The van der Waals surface area contributed by atoms with E-state index in [-0.39, 0.29) is 11.4 Å². The number of nitrogens with zero attached hydrogens (tertiary/aromatic N) is 2. The van der Waals surface area contributed by atoms with Crippen molar-refractivity contribution in [3.63, 3.8) is 0 Å². The molecule has 7 heteroatoms. The smallest absolute Gasteiger partial charge is 0.273 e. The molecule has 2 N–H and O–H groups in total. The highest BCUT2D eigenvalue weighted by Gasteiger charge is 2.12. The summed E-state index contributed by atoms with van der Waals surface area (Å²) in [5.74, 6) is -0.380. The number of aromatic hydroxyl groups is 1. The summed E-state index contributed by atoms with van der Waals surface area (Å²) in [5, 5.41) is 23.9. The lowest BCUT2D eigenvalue weighted by Crippen LogP contribution is -2.17. The van der Waals surface area contributed by atoms with Crippen molar-refractivity contribution in [1.82, 2.24) is 5.43 Å². The van der Waals surface area contributed by atoms with Crippen LogP contribution in [0, 0.1) is 10.1 Å². The maximum Gasteiger partial charge on any atom is 0.273 e. The Morgan fingerprint density at radius 3 is 2.61 bits per heavy atom. The molecule has 0 aliphatic rings. The number of phenolic OH excluding ortho intramolecular Hbond substituents is 1. The third-order valence-electron chi connectivity index (χ3n) is 3.20. The van der Waals surface area contributed by atoms with Gasteiger partial charge in [0.05, 0.1) is 11.1 Å². The van der Waals surface area contributed by atoms with Gasteiger partial charge in [-0.1, -0.05) is 19.1 Å². The molecule has 0 heterocycles. The van der Waals surface area contributed by atoms with E-state index in [1.807, 2.05) is 6.92 Å². The van der Waals surface area contributed by atoms with E-state index < -0.39 is 10.8 Å². The van der Waals surface area contributed by atoms with Crippen molar-refractivity contribution < 1.29 is 14.8 Å². The molecular weight excluding hydrogens is 298 g/mol. The number of rotatable bonds is 5. The summed E-state index contributed by atoms with van der Waals surface area (Å²) >= 11 is 0. The third kappa shape index (κ3) is 4.13. The van der Waals surface area contributed by atoms with Gasteiger partial charge in [0.15, 0.2) is 0 Å². The number of nitro groups is 1. The third-order valence-corrected chi connectivity index (χ3v) is 3.20. The van der Waals surface area contributed by atoms with E-state index in [2.05, 4.69) is 10.5 Å². The van der Waals surface area contributed by atoms with Crippen molar-refractivity contribution in [3.8, 4) is 5.75 Å². The highest BCUT2D eigenvalue weighted by molar-refractivity contribution is 5.95. The van der Waals surface area contributed by atoms with Crippen molar-refractivity contribution >= 4 is 17.8 Å². The Balaban J connectivity index is 2.08. The molecule has 2 aromatic carbocycles. The molecule has 2 rings (SSSR count). The molecular formula is C16H15N3O4. The lowest BCUT2D eigenvalue weighted by Gasteiger charge is -2.02. The minimum Gasteiger partial charge on any atom is -0.508 e. The van der Waals surface area contributed by atoms with E-state index in [9.17, 15) is 14.9 Å².